The van der Waals surface area contributed by atoms with Crippen molar-refractivity contribution in [3.63, 3.8) is 0 Å². The average molecular weight is 115 g/mol. The Bertz CT molecular complexity index is 20.5. The fourth-order valence-corrected chi connectivity index (χ4v) is 0.236. The molecule has 0 saturated carbocycles. The van der Waals surface area contributed by atoms with Gasteiger partial charge in [0.05, 0.1) is 0 Å². The molecule has 0 aliphatic rings. The maximum atomic E-state index is 4.86. The summed E-state index contributed by atoms with van der Waals surface area (Å²) in [6.45, 7) is 8.83. The lowest BCUT2D eigenvalue weighted by Crippen LogP contribution is -1.92. The molecule has 0 atom stereocenters. The summed E-state index contributed by atoms with van der Waals surface area (Å²) in [4.78, 5) is 0. The lowest BCUT2D eigenvalue weighted by molar-refractivity contribution is 0.338. The highest BCUT2D eigenvalue weighted by molar-refractivity contribution is 6.24. The summed E-state index contributed by atoms with van der Waals surface area (Å²) in [5, 5.41) is 0. The van der Waals surface area contributed by atoms with Gasteiger partial charge in [0.15, 0.2) is 0 Å². The molecule has 0 saturated heterocycles. The third-order valence-electron chi connectivity index (χ3n) is 0.489. The highest BCUT2D eigenvalue weighted by Gasteiger charge is 1.75. The Balaban J connectivity index is 0. The van der Waals surface area contributed by atoms with E-state index in [0.29, 0.717) is 0 Å². The largest absolute Gasteiger partial charge is 0.441 e. The van der Waals surface area contributed by atoms with Gasteiger partial charge >= 0.3 is 0 Å². The van der Waals surface area contributed by atoms with Crippen molar-refractivity contribution in [3.05, 3.63) is 0 Å². The summed E-state index contributed by atoms with van der Waals surface area (Å²) in [6.07, 6.45) is 1.10. The molecule has 1 nitrogen and oxygen atoms in total. The van der Waals surface area contributed by atoms with Crippen molar-refractivity contribution in [1.82, 2.24) is 0 Å². The molecular formula is C6H16BO. The van der Waals surface area contributed by atoms with Crippen molar-refractivity contribution in [1.29, 1.82) is 0 Å². The molecule has 0 bridgehead atoms. The Morgan fingerprint density at radius 2 is 1.88 bits per heavy atom. The zero-order valence-corrected chi connectivity index (χ0v) is 6.40. The second-order valence-corrected chi connectivity index (χ2v) is 1.11. The zero-order chi connectivity index (χ0) is 6.83. The second-order valence-electron chi connectivity index (χ2n) is 1.11. The predicted octanol–water partition coefficient (Wildman–Crippen LogP) is 2.11. The van der Waals surface area contributed by atoms with Crippen LogP contribution in [0.15, 0.2) is 0 Å². The number of hydrogen-bond acceptors (Lipinski definition) is 1. The highest BCUT2D eigenvalue weighted by atomic mass is 16.4. The summed E-state index contributed by atoms with van der Waals surface area (Å²) in [6, 6.07) is 0. The maximum absolute atomic E-state index is 4.86. The van der Waals surface area contributed by atoms with Crippen LogP contribution in [0.2, 0.25) is 6.82 Å². The number of hydrogen-bond donors (Lipinski definition) is 0. The molecule has 0 aliphatic carbocycles. The standard InChI is InChI=1S/C4H10BO.C2H6/c1-3-4-6-5-2;1-2/h3-4H2,1-2H3;1-2H3. The van der Waals surface area contributed by atoms with E-state index in [9.17, 15) is 0 Å². The summed E-state index contributed by atoms with van der Waals surface area (Å²) in [5.41, 5.74) is 0. The summed E-state index contributed by atoms with van der Waals surface area (Å²) in [7, 11) is 1.71. The van der Waals surface area contributed by atoms with E-state index in [1.807, 2.05) is 20.7 Å². The van der Waals surface area contributed by atoms with E-state index in [2.05, 4.69) is 6.92 Å². The van der Waals surface area contributed by atoms with E-state index >= 15 is 0 Å². The zero-order valence-electron chi connectivity index (χ0n) is 6.40. The van der Waals surface area contributed by atoms with Crippen molar-refractivity contribution >= 4 is 7.48 Å². The summed E-state index contributed by atoms with van der Waals surface area (Å²) in [5.74, 6) is 0. The smallest absolute Gasteiger partial charge is 0.288 e. The van der Waals surface area contributed by atoms with Crippen LogP contribution >= 0.6 is 0 Å². The Hall–Kier alpha value is 0.0249. The molecule has 0 aromatic rings. The fraction of sp³-hybridized carbons (Fsp3) is 1.00. The van der Waals surface area contributed by atoms with E-state index in [4.69, 9.17) is 4.65 Å². The molecular weight excluding hydrogens is 98.9 g/mol. The molecule has 0 amide bonds. The van der Waals surface area contributed by atoms with Crippen molar-refractivity contribution in [2.24, 2.45) is 0 Å². The molecule has 0 aliphatic heterocycles. The van der Waals surface area contributed by atoms with E-state index in [-0.39, 0.29) is 0 Å². The first-order valence-corrected chi connectivity index (χ1v) is 3.31. The molecule has 2 heteroatoms. The Kier molecular flexibility index (Phi) is 21.5. The van der Waals surface area contributed by atoms with E-state index in [0.717, 1.165) is 13.0 Å². The van der Waals surface area contributed by atoms with Crippen LogP contribution in [-0.2, 0) is 4.65 Å². The van der Waals surface area contributed by atoms with Gasteiger partial charge in [0.2, 0.25) is 0 Å². The Morgan fingerprint density at radius 3 is 2.00 bits per heavy atom. The first kappa shape index (κ1) is 10.9. The van der Waals surface area contributed by atoms with Crippen LogP contribution in [-0.4, -0.2) is 14.1 Å². The molecule has 1 radical (unpaired) electrons. The first-order valence-electron chi connectivity index (χ1n) is 3.31. The topological polar surface area (TPSA) is 9.23 Å². The van der Waals surface area contributed by atoms with Crippen LogP contribution in [0.4, 0.5) is 0 Å². The maximum Gasteiger partial charge on any atom is 0.288 e. The SMILES string of the molecule is CC.C[B]OCCC. The lowest BCUT2D eigenvalue weighted by Gasteiger charge is -1.90. The quantitative estimate of drug-likeness (QED) is 0.404. The van der Waals surface area contributed by atoms with Gasteiger partial charge in [-0.05, 0) is 6.42 Å². The monoisotopic (exact) mass is 115 g/mol. The van der Waals surface area contributed by atoms with Gasteiger partial charge in [0, 0.05) is 6.61 Å². The molecule has 0 fully saturated rings. The van der Waals surface area contributed by atoms with Crippen LogP contribution in [0.3, 0.4) is 0 Å². The van der Waals surface area contributed by atoms with E-state index in [1.54, 1.807) is 7.48 Å². The molecule has 0 spiro atoms. The molecule has 0 unspecified atom stereocenters. The van der Waals surface area contributed by atoms with E-state index in [1.165, 1.54) is 0 Å². The minimum atomic E-state index is 0.858. The molecule has 0 rings (SSSR count). The van der Waals surface area contributed by atoms with Crippen LogP contribution in [0.25, 0.3) is 0 Å². The minimum absolute atomic E-state index is 0.858. The lowest BCUT2D eigenvalue weighted by atomic mass is 10.1. The van der Waals surface area contributed by atoms with Crippen molar-refractivity contribution < 1.29 is 4.65 Å². The normalized spacial score (nSPS) is 7.00. The molecule has 8 heavy (non-hydrogen) atoms. The predicted molar refractivity (Wildman–Crippen MR) is 39.2 cm³/mol. The van der Waals surface area contributed by atoms with Crippen LogP contribution < -0.4 is 0 Å². The summed E-state index contributed by atoms with van der Waals surface area (Å²) >= 11 is 0. The Labute approximate surface area is 53.7 Å². The molecule has 0 heterocycles. The minimum Gasteiger partial charge on any atom is -0.441 e. The number of rotatable bonds is 3. The van der Waals surface area contributed by atoms with Gasteiger partial charge in [-0.25, -0.2) is 0 Å². The van der Waals surface area contributed by atoms with Crippen molar-refractivity contribution in [2.45, 2.75) is 34.0 Å². The summed E-state index contributed by atoms with van der Waals surface area (Å²) < 4.78 is 4.86. The fourth-order valence-electron chi connectivity index (χ4n) is 0.236. The highest BCUT2D eigenvalue weighted by Crippen LogP contribution is 1.74. The third kappa shape index (κ3) is 16.6. The van der Waals surface area contributed by atoms with Crippen LogP contribution in [0.5, 0.6) is 0 Å². The third-order valence-corrected chi connectivity index (χ3v) is 0.489. The van der Waals surface area contributed by atoms with Crippen molar-refractivity contribution in [3.8, 4) is 0 Å². The van der Waals surface area contributed by atoms with Gasteiger partial charge in [0.25, 0.3) is 7.48 Å². The van der Waals surface area contributed by atoms with E-state index < -0.39 is 0 Å². The van der Waals surface area contributed by atoms with Gasteiger partial charge < -0.3 is 4.65 Å². The molecule has 0 N–H and O–H groups in total. The molecule has 0 aromatic carbocycles. The van der Waals surface area contributed by atoms with Gasteiger partial charge in [-0.3, -0.25) is 0 Å². The molecule has 0 aromatic heterocycles. The van der Waals surface area contributed by atoms with Crippen molar-refractivity contribution in [2.75, 3.05) is 6.61 Å². The van der Waals surface area contributed by atoms with Gasteiger partial charge in [0.1, 0.15) is 0 Å². The van der Waals surface area contributed by atoms with Gasteiger partial charge in [-0.2, -0.15) is 0 Å². The van der Waals surface area contributed by atoms with Gasteiger partial charge in [-0.15, -0.1) is 0 Å². The molecule has 49 valence electrons. The average Bonchev–Trinajstić information content (AvgIpc) is 1.88. The first-order chi connectivity index (χ1) is 3.91. The van der Waals surface area contributed by atoms with Gasteiger partial charge in [-0.1, -0.05) is 27.6 Å². The Morgan fingerprint density at radius 1 is 1.38 bits per heavy atom. The van der Waals surface area contributed by atoms with Crippen LogP contribution in [0, 0.1) is 0 Å². The second kappa shape index (κ2) is 15.7. The van der Waals surface area contributed by atoms with Crippen LogP contribution in [0.1, 0.15) is 27.2 Å².